The number of anilines is 1. The molecule has 3 aromatic rings. The van der Waals surface area contributed by atoms with Crippen molar-refractivity contribution in [2.24, 2.45) is 15.2 Å². The van der Waals surface area contributed by atoms with Crippen molar-refractivity contribution in [2.45, 2.75) is 0 Å². The summed E-state index contributed by atoms with van der Waals surface area (Å²) in [6.07, 6.45) is 1.78. The van der Waals surface area contributed by atoms with Gasteiger partial charge in [0.2, 0.25) is 11.0 Å². The Balaban J connectivity index is 1.53. The Hall–Kier alpha value is -3.39. The van der Waals surface area contributed by atoms with Crippen LogP contribution in [0, 0.1) is 0 Å². The minimum absolute atomic E-state index is 0.0726. The molecule has 0 bridgehead atoms. The standard InChI is InChI=1S/C20H17N5O2S/c1-25(2)13-9-7-12(8-10-13)11-16-18(26)22-20(28-16)24-23-17-14-5-3-4-6-15(14)21-19(17)27/h3-11,21,27H,1-2H3/b16-11-,24-23?. The monoisotopic (exact) mass is 391 g/mol. The van der Waals surface area contributed by atoms with Gasteiger partial charge in [0.1, 0.15) is 0 Å². The number of amides is 1. The van der Waals surface area contributed by atoms with E-state index < -0.39 is 0 Å². The number of aromatic hydroxyl groups is 1. The fourth-order valence-corrected chi connectivity index (χ4v) is 3.50. The van der Waals surface area contributed by atoms with Gasteiger partial charge >= 0.3 is 0 Å². The van der Waals surface area contributed by atoms with Crippen LogP contribution >= 0.6 is 11.8 Å². The second kappa shape index (κ2) is 7.32. The Morgan fingerprint density at radius 2 is 1.86 bits per heavy atom. The third kappa shape index (κ3) is 3.54. The Bertz CT molecular complexity index is 1140. The fourth-order valence-electron chi connectivity index (χ4n) is 2.77. The third-order valence-corrected chi connectivity index (χ3v) is 5.08. The average molecular weight is 391 g/mol. The first kappa shape index (κ1) is 18.0. The average Bonchev–Trinajstić information content (AvgIpc) is 3.19. The highest BCUT2D eigenvalue weighted by Crippen LogP contribution is 2.36. The lowest BCUT2D eigenvalue weighted by Crippen LogP contribution is -2.07. The first-order chi connectivity index (χ1) is 13.5. The van der Waals surface area contributed by atoms with Gasteiger partial charge in [-0.15, -0.1) is 10.2 Å². The van der Waals surface area contributed by atoms with Gasteiger partial charge in [-0.1, -0.05) is 30.3 Å². The van der Waals surface area contributed by atoms with Crippen molar-refractivity contribution in [2.75, 3.05) is 19.0 Å². The molecule has 0 spiro atoms. The second-order valence-electron chi connectivity index (χ2n) is 6.36. The van der Waals surface area contributed by atoms with Crippen LogP contribution in [-0.2, 0) is 4.79 Å². The molecule has 1 aromatic heterocycles. The van der Waals surface area contributed by atoms with Crippen molar-refractivity contribution in [3.63, 3.8) is 0 Å². The predicted octanol–water partition coefficient (Wildman–Crippen LogP) is 4.69. The van der Waals surface area contributed by atoms with Crippen molar-refractivity contribution < 1.29 is 9.90 Å². The molecule has 2 aromatic carbocycles. The van der Waals surface area contributed by atoms with Crippen LogP contribution in [-0.4, -0.2) is 35.3 Å². The Kier molecular flexibility index (Phi) is 4.70. The summed E-state index contributed by atoms with van der Waals surface area (Å²) in [5.41, 5.74) is 3.07. The number of carbonyl (C=O) groups is 1. The number of carbonyl (C=O) groups excluding carboxylic acids is 1. The normalized spacial score (nSPS) is 15.7. The topological polar surface area (TPSA) is 93.4 Å². The molecule has 7 nitrogen and oxygen atoms in total. The van der Waals surface area contributed by atoms with E-state index in [1.807, 2.05) is 67.5 Å². The fraction of sp³-hybridized carbons (Fsp3) is 0.100. The zero-order valence-electron chi connectivity index (χ0n) is 15.2. The molecule has 2 heterocycles. The Morgan fingerprint density at radius 3 is 2.61 bits per heavy atom. The summed E-state index contributed by atoms with van der Waals surface area (Å²) >= 11 is 1.16. The van der Waals surface area contributed by atoms with Crippen molar-refractivity contribution in [1.29, 1.82) is 0 Å². The summed E-state index contributed by atoms with van der Waals surface area (Å²) in [5, 5.41) is 19.2. The van der Waals surface area contributed by atoms with Crippen LogP contribution in [0.1, 0.15) is 5.56 Å². The van der Waals surface area contributed by atoms with E-state index in [0.29, 0.717) is 10.6 Å². The van der Waals surface area contributed by atoms with Crippen LogP contribution in [0.5, 0.6) is 5.88 Å². The molecular weight excluding hydrogens is 374 g/mol. The Labute approximate surface area is 165 Å². The second-order valence-corrected chi connectivity index (χ2v) is 7.37. The number of hydrogen-bond donors (Lipinski definition) is 2. The Morgan fingerprint density at radius 1 is 1.11 bits per heavy atom. The highest BCUT2D eigenvalue weighted by atomic mass is 32.2. The number of thioether (sulfide) groups is 1. The summed E-state index contributed by atoms with van der Waals surface area (Å²) < 4.78 is 0. The van der Waals surface area contributed by atoms with Gasteiger partial charge in [0.15, 0.2) is 5.69 Å². The first-order valence-electron chi connectivity index (χ1n) is 8.52. The van der Waals surface area contributed by atoms with E-state index in [1.54, 1.807) is 6.08 Å². The smallest absolute Gasteiger partial charge is 0.286 e. The van der Waals surface area contributed by atoms with E-state index in [-0.39, 0.29) is 17.0 Å². The molecule has 1 aliphatic heterocycles. The summed E-state index contributed by atoms with van der Waals surface area (Å²) in [4.78, 5) is 21.4. The van der Waals surface area contributed by atoms with Crippen LogP contribution in [0.15, 0.2) is 68.7 Å². The molecule has 2 N–H and O–H groups in total. The molecule has 0 saturated heterocycles. The molecule has 1 aliphatic rings. The molecule has 1 amide bonds. The summed E-state index contributed by atoms with van der Waals surface area (Å²) in [6.45, 7) is 0. The molecule has 0 radical (unpaired) electrons. The molecule has 8 heteroatoms. The maximum Gasteiger partial charge on any atom is 0.286 e. The number of rotatable bonds is 3. The lowest BCUT2D eigenvalue weighted by Gasteiger charge is -2.11. The molecule has 0 aliphatic carbocycles. The quantitative estimate of drug-likeness (QED) is 0.500. The number of benzene rings is 2. The van der Waals surface area contributed by atoms with E-state index in [1.165, 1.54) is 0 Å². The number of aromatic nitrogens is 1. The van der Waals surface area contributed by atoms with Gasteiger partial charge in [0.25, 0.3) is 5.91 Å². The molecule has 0 atom stereocenters. The van der Waals surface area contributed by atoms with E-state index in [2.05, 4.69) is 20.2 Å². The number of fused-ring (bicyclic) bond motifs is 1. The first-order valence-corrected chi connectivity index (χ1v) is 9.34. The third-order valence-electron chi connectivity index (χ3n) is 4.21. The molecule has 0 unspecified atom stereocenters. The van der Waals surface area contributed by atoms with Crippen molar-refractivity contribution in [1.82, 2.24) is 4.98 Å². The number of nitrogens with one attached hydrogen (secondary N) is 1. The molecule has 4 rings (SSSR count). The number of para-hydroxylation sites is 1. The summed E-state index contributed by atoms with van der Waals surface area (Å²) in [6, 6.07) is 15.2. The van der Waals surface area contributed by atoms with Crippen molar-refractivity contribution in [3.05, 3.63) is 59.0 Å². The lowest BCUT2D eigenvalue weighted by molar-refractivity contribution is -0.113. The number of amidine groups is 1. The molecule has 140 valence electrons. The van der Waals surface area contributed by atoms with E-state index in [0.717, 1.165) is 33.9 Å². The van der Waals surface area contributed by atoms with E-state index in [4.69, 9.17) is 0 Å². The number of nitrogens with zero attached hydrogens (tertiary/aromatic N) is 4. The van der Waals surface area contributed by atoms with Gasteiger partial charge in [-0.25, -0.2) is 0 Å². The van der Waals surface area contributed by atoms with E-state index in [9.17, 15) is 9.90 Å². The number of H-pyrrole nitrogens is 1. The van der Waals surface area contributed by atoms with Crippen LogP contribution in [0.3, 0.4) is 0 Å². The number of aromatic amines is 1. The van der Waals surface area contributed by atoms with Gasteiger partial charge < -0.3 is 15.0 Å². The summed E-state index contributed by atoms with van der Waals surface area (Å²) in [5.74, 6) is -0.421. The SMILES string of the molecule is CN(C)c1ccc(/C=C2\SC(N=Nc3c(O)[nH]c4ccccc34)=NC2=O)cc1. The van der Waals surface area contributed by atoms with Crippen LogP contribution in [0.25, 0.3) is 17.0 Å². The van der Waals surface area contributed by atoms with Crippen molar-refractivity contribution in [3.8, 4) is 5.88 Å². The summed E-state index contributed by atoms with van der Waals surface area (Å²) in [7, 11) is 3.95. The molecular formula is C20H17N5O2S. The minimum Gasteiger partial charge on any atom is -0.493 e. The maximum atomic E-state index is 12.2. The van der Waals surface area contributed by atoms with Gasteiger partial charge in [-0.05, 0) is 41.6 Å². The largest absolute Gasteiger partial charge is 0.493 e. The highest BCUT2D eigenvalue weighted by Gasteiger charge is 2.22. The van der Waals surface area contributed by atoms with Gasteiger partial charge in [-0.2, -0.15) is 4.99 Å². The zero-order chi connectivity index (χ0) is 19.7. The van der Waals surface area contributed by atoms with E-state index >= 15 is 0 Å². The molecule has 0 saturated carbocycles. The zero-order valence-corrected chi connectivity index (χ0v) is 16.1. The predicted molar refractivity (Wildman–Crippen MR) is 113 cm³/mol. The number of hydrogen-bond acceptors (Lipinski definition) is 6. The van der Waals surface area contributed by atoms with Crippen molar-refractivity contribution >= 4 is 51.2 Å². The number of aliphatic imine (C=N–C) groups is 1. The highest BCUT2D eigenvalue weighted by molar-refractivity contribution is 8.18. The minimum atomic E-state index is -0.348. The van der Waals surface area contributed by atoms with Crippen LogP contribution in [0.2, 0.25) is 0 Å². The molecule has 28 heavy (non-hydrogen) atoms. The van der Waals surface area contributed by atoms with Gasteiger partial charge in [-0.3, -0.25) is 4.79 Å². The van der Waals surface area contributed by atoms with Crippen LogP contribution < -0.4 is 4.90 Å². The lowest BCUT2D eigenvalue weighted by atomic mass is 10.2. The maximum absolute atomic E-state index is 12.2. The van der Waals surface area contributed by atoms with Gasteiger partial charge in [0, 0.05) is 25.2 Å². The van der Waals surface area contributed by atoms with Crippen LogP contribution in [0.4, 0.5) is 11.4 Å². The van der Waals surface area contributed by atoms with Gasteiger partial charge in [0.05, 0.1) is 10.4 Å². The number of azo groups is 1. The molecule has 0 fully saturated rings.